The van der Waals surface area contributed by atoms with Crippen LogP contribution in [0.15, 0.2) is 121 Å². The second-order valence-corrected chi connectivity index (χ2v) is 12.3. The zero-order chi connectivity index (χ0) is 33.4. The third-order valence-corrected chi connectivity index (χ3v) is 8.70. The molecule has 0 spiro atoms. The summed E-state index contributed by atoms with van der Waals surface area (Å²) in [7, 11) is 0. The summed E-state index contributed by atoms with van der Waals surface area (Å²) < 4.78 is 38.5. The van der Waals surface area contributed by atoms with Crippen molar-refractivity contribution < 1.29 is 38.3 Å². The van der Waals surface area contributed by atoms with Crippen LogP contribution in [0.1, 0.15) is 39.9 Å². The molecule has 0 radical (unpaired) electrons. The Kier molecular flexibility index (Phi) is 14.6. The summed E-state index contributed by atoms with van der Waals surface area (Å²) in [5, 5.41) is 10.6. The van der Waals surface area contributed by atoms with Gasteiger partial charge in [0, 0.05) is 5.33 Å². The number of hydrogen-bond acceptors (Lipinski definition) is 8. The summed E-state index contributed by atoms with van der Waals surface area (Å²) in [4.78, 5) is 13.5. The first-order valence-corrected chi connectivity index (χ1v) is 17.4. The minimum absolute atomic E-state index is 0.182. The third-order valence-electron chi connectivity index (χ3n) is 7.95. The monoisotopic (exact) mass is 718 g/mol. The molecule has 1 aliphatic rings. The Labute approximate surface area is 291 Å². The molecule has 8 nitrogen and oxygen atoms in total. The van der Waals surface area contributed by atoms with Crippen molar-refractivity contribution in [3.05, 3.63) is 144 Å². The highest BCUT2D eigenvalue weighted by atomic mass is 79.9. The number of alkyl halides is 1. The van der Waals surface area contributed by atoms with Crippen molar-refractivity contribution in [2.45, 2.75) is 69.5 Å². The maximum absolute atomic E-state index is 13.5. The lowest BCUT2D eigenvalue weighted by atomic mass is 9.97. The van der Waals surface area contributed by atoms with Crippen LogP contribution < -0.4 is 0 Å². The van der Waals surface area contributed by atoms with E-state index in [9.17, 15) is 9.90 Å². The number of aliphatic hydroxyl groups excluding tert-OH is 1. The maximum Gasteiger partial charge on any atom is 0.338 e. The molecule has 4 aromatic rings. The van der Waals surface area contributed by atoms with Crippen molar-refractivity contribution in [1.82, 2.24) is 0 Å². The van der Waals surface area contributed by atoms with Gasteiger partial charge in [0.05, 0.1) is 44.7 Å². The number of halogens is 1. The Balaban J connectivity index is 1.44. The molecule has 0 aromatic heterocycles. The number of benzene rings is 4. The fraction of sp³-hybridized carbons (Fsp3) is 0.359. The Morgan fingerprint density at radius 3 is 1.77 bits per heavy atom. The molecule has 1 fully saturated rings. The fourth-order valence-electron chi connectivity index (χ4n) is 5.43. The number of carbonyl (C=O) groups is 1. The summed E-state index contributed by atoms with van der Waals surface area (Å²) in [6, 6.07) is 38.4. The Morgan fingerprint density at radius 2 is 1.21 bits per heavy atom. The molecule has 1 unspecified atom stereocenters. The molecule has 1 aliphatic heterocycles. The van der Waals surface area contributed by atoms with Gasteiger partial charge in [-0.2, -0.15) is 0 Å². The zero-order valence-electron chi connectivity index (χ0n) is 26.9. The van der Waals surface area contributed by atoms with Gasteiger partial charge in [0.25, 0.3) is 0 Å². The first kappa shape index (κ1) is 35.9. The van der Waals surface area contributed by atoms with Gasteiger partial charge < -0.3 is 33.5 Å². The lowest BCUT2D eigenvalue weighted by molar-refractivity contribution is -0.318. The van der Waals surface area contributed by atoms with Gasteiger partial charge in [0.1, 0.15) is 18.3 Å². The predicted molar refractivity (Wildman–Crippen MR) is 185 cm³/mol. The van der Waals surface area contributed by atoms with Gasteiger partial charge in [-0.15, -0.1) is 0 Å². The predicted octanol–water partition coefficient (Wildman–Crippen LogP) is 6.88. The molecular formula is C39H43BrO8. The van der Waals surface area contributed by atoms with E-state index in [1.54, 1.807) is 24.3 Å². The van der Waals surface area contributed by atoms with E-state index in [0.29, 0.717) is 30.3 Å². The summed E-state index contributed by atoms with van der Waals surface area (Å²) >= 11 is 3.32. The van der Waals surface area contributed by atoms with Crippen molar-refractivity contribution in [3.63, 3.8) is 0 Å². The zero-order valence-corrected chi connectivity index (χ0v) is 28.4. The van der Waals surface area contributed by atoms with Crippen LogP contribution in [0.25, 0.3) is 0 Å². The highest BCUT2D eigenvalue weighted by Gasteiger charge is 2.50. The van der Waals surface area contributed by atoms with Gasteiger partial charge in [-0.25, -0.2) is 4.79 Å². The van der Waals surface area contributed by atoms with Crippen molar-refractivity contribution in [3.8, 4) is 0 Å². The van der Waals surface area contributed by atoms with Crippen LogP contribution >= 0.6 is 15.9 Å². The van der Waals surface area contributed by atoms with Crippen molar-refractivity contribution in [2.24, 2.45) is 0 Å². The van der Waals surface area contributed by atoms with Crippen LogP contribution in [0.4, 0.5) is 0 Å². The van der Waals surface area contributed by atoms with Crippen LogP contribution in [-0.2, 0) is 48.2 Å². The van der Waals surface area contributed by atoms with Gasteiger partial charge in [0.2, 0.25) is 0 Å². The average Bonchev–Trinajstić information content (AvgIpc) is 3.14. The lowest BCUT2D eigenvalue weighted by Gasteiger charge is -2.45. The molecule has 9 heteroatoms. The molecule has 0 bridgehead atoms. The molecule has 0 aliphatic carbocycles. The number of esters is 1. The molecular weight excluding hydrogens is 676 g/mol. The smallest absolute Gasteiger partial charge is 0.338 e. The average molecular weight is 720 g/mol. The lowest BCUT2D eigenvalue weighted by Crippen LogP contribution is -2.62. The molecule has 5 rings (SSSR count). The van der Waals surface area contributed by atoms with E-state index in [0.717, 1.165) is 16.7 Å². The Bertz CT molecular complexity index is 1460. The van der Waals surface area contributed by atoms with Crippen LogP contribution in [0.5, 0.6) is 0 Å². The summed E-state index contributed by atoms with van der Waals surface area (Å²) in [5.74, 6) is -0.526. The van der Waals surface area contributed by atoms with E-state index in [-0.39, 0.29) is 26.4 Å². The largest absolute Gasteiger partial charge is 0.450 e. The normalized spacial score (nSPS) is 21.4. The molecule has 4 aromatic carbocycles. The number of carbonyl (C=O) groups excluding carboxylic acids is 1. The van der Waals surface area contributed by atoms with Gasteiger partial charge in [-0.1, -0.05) is 125 Å². The van der Waals surface area contributed by atoms with Crippen LogP contribution in [0.2, 0.25) is 0 Å². The highest BCUT2D eigenvalue weighted by Crippen LogP contribution is 2.32. The Hall–Kier alpha value is -3.41. The number of ether oxygens (including phenoxy) is 6. The first-order chi connectivity index (χ1) is 23.6. The minimum atomic E-state index is -0.985. The molecule has 1 saturated heterocycles. The molecule has 254 valence electrons. The van der Waals surface area contributed by atoms with Crippen molar-refractivity contribution in [1.29, 1.82) is 0 Å². The fourth-order valence-corrected chi connectivity index (χ4v) is 5.75. The van der Waals surface area contributed by atoms with Gasteiger partial charge in [-0.3, -0.25) is 0 Å². The van der Waals surface area contributed by atoms with E-state index in [1.165, 1.54) is 0 Å². The van der Waals surface area contributed by atoms with Gasteiger partial charge >= 0.3 is 5.97 Å². The maximum atomic E-state index is 13.5. The van der Waals surface area contributed by atoms with Crippen LogP contribution in [0.3, 0.4) is 0 Å². The second kappa shape index (κ2) is 19.6. The van der Waals surface area contributed by atoms with E-state index in [1.807, 2.05) is 97.1 Å². The minimum Gasteiger partial charge on any atom is -0.450 e. The van der Waals surface area contributed by atoms with E-state index >= 15 is 0 Å². The van der Waals surface area contributed by atoms with Crippen LogP contribution in [-0.4, -0.2) is 66.4 Å². The summed E-state index contributed by atoms with van der Waals surface area (Å²) in [6.07, 6.45) is -3.44. The van der Waals surface area contributed by atoms with Gasteiger partial charge in [0.15, 0.2) is 12.4 Å². The SMILES string of the molecule is O=C(O[C@@H]1[C@@H](OCCCC(O)CBr)O[C@H](COCc2ccccc2)[C@@H](OCc2ccccc2)[C@@H]1OCc1ccccc1)c1ccccc1. The number of rotatable bonds is 18. The summed E-state index contributed by atoms with van der Waals surface area (Å²) in [6.45, 7) is 1.36. The quantitative estimate of drug-likeness (QED) is 0.0677. The number of hydrogen-bond donors (Lipinski definition) is 1. The molecule has 1 N–H and O–H groups in total. The molecule has 6 atom stereocenters. The molecule has 0 saturated carbocycles. The van der Waals surface area contributed by atoms with Crippen LogP contribution in [0, 0.1) is 0 Å². The van der Waals surface area contributed by atoms with E-state index in [2.05, 4.69) is 15.9 Å². The molecule has 1 heterocycles. The van der Waals surface area contributed by atoms with E-state index < -0.39 is 42.8 Å². The van der Waals surface area contributed by atoms with Gasteiger partial charge in [-0.05, 0) is 41.7 Å². The Morgan fingerprint density at radius 1 is 0.688 bits per heavy atom. The van der Waals surface area contributed by atoms with E-state index in [4.69, 9.17) is 28.4 Å². The second-order valence-electron chi connectivity index (χ2n) is 11.6. The van der Waals surface area contributed by atoms with Crippen molar-refractivity contribution in [2.75, 3.05) is 18.5 Å². The third kappa shape index (κ3) is 11.1. The summed E-state index contributed by atoms with van der Waals surface area (Å²) in [5.41, 5.74) is 3.36. The highest BCUT2D eigenvalue weighted by molar-refractivity contribution is 9.09. The molecule has 48 heavy (non-hydrogen) atoms. The molecule has 0 amide bonds. The number of aliphatic hydroxyl groups is 1. The van der Waals surface area contributed by atoms with Crippen molar-refractivity contribution >= 4 is 21.9 Å². The topological polar surface area (TPSA) is 92.7 Å². The first-order valence-electron chi connectivity index (χ1n) is 16.3. The standard InChI is InChI=1S/C39H43BrO8/c40-24-33(41)22-13-23-44-39-37(48-38(42)32-20-11-4-12-21-32)36(46-27-31-18-9-3-10-19-31)35(45-26-30-16-7-2-8-17-30)34(47-39)28-43-25-29-14-5-1-6-15-29/h1-12,14-21,33-37,39,41H,13,22-28H2/t33?,34-,35-,36+,37+,39+/m1/s1.